The highest BCUT2D eigenvalue weighted by atomic mass is 19.1. The molecule has 24 heavy (non-hydrogen) atoms. The minimum atomic E-state index is -0.300. The lowest BCUT2D eigenvalue weighted by molar-refractivity contribution is -0.123. The van der Waals surface area contributed by atoms with E-state index in [-0.39, 0.29) is 23.9 Å². The van der Waals surface area contributed by atoms with Crippen molar-refractivity contribution in [1.82, 2.24) is 10.2 Å². The van der Waals surface area contributed by atoms with Crippen LogP contribution in [0.1, 0.15) is 25.7 Å². The van der Waals surface area contributed by atoms with E-state index >= 15 is 0 Å². The molecule has 132 valence electrons. The molecular weight excluding hydrogens is 309 g/mol. The van der Waals surface area contributed by atoms with Crippen LogP contribution < -0.4 is 10.2 Å². The fourth-order valence-corrected chi connectivity index (χ4v) is 3.59. The van der Waals surface area contributed by atoms with Crippen LogP contribution >= 0.6 is 0 Å². The van der Waals surface area contributed by atoms with E-state index in [1.54, 1.807) is 12.1 Å². The SMILES string of the molecule is O=C(CN1CCC[C@@H](O)C1)NC1CCN(c2ccc(F)cc2)CC1. The Bertz CT molecular complexity index is 544. The zero-order chi connectivity index (χ0) is 16.9. The number of aliphatic hydroxyl groups excluding tert-OH is 1. The predicted octanol–water partition coefficient (Wildman–Crippen LogP) is 1.37. The summed E-state index contributed by atoms with van der Waals surface area (Å²) in [6.07, 6.45) is 3.27. The number of hydrogen-bond acceptors (Lipinski definition) is 4. The molecule has 1 atom stereocenters. The van der Waals surface area contributed by atoms with Gasteiger partial charge in [-0.05, 0) is 56.5 Å². The minimum absolute atomic E-state index is 0.0457. The van der Waals surface area contributed by atoms with Gasteiger partial charge in [-0.2, -0.15) is 0 Å². The molecule has 6 heteroatoms. The van der Waals surface area contributed by atoms with Crippen molar-refractivity contribution in [2.24, 2.45) is 0 Å². The maximum absolute atomic E-state index is 13.0. The largest absolute Gasteiger partial charge is 0.392 e. The first kappa shape index (κ1) is 17.2. The van der Waals surface area contributed by atoms with Crippen LogP contribution in [0.2, 0.25) is 0 Å². The molecule has 0 spiro atoms. The summed E-state index contributed by atoms with van der Waals surface area (Å²) in [4.78, 5) is 16.4. The molecule has 2 aliphatic rings. The summed E-state index contributed by atoms with van der Waals surface area (Å²) in [5.74, 6) is -0.173. The number of likely N-dealkylation sites (tertiary alicyclic amines) is 1. The second-order valence-corrected chi connectivity index (χ2v) is 6.84. The molecule has 0 aliphatic carbocycles. The lowest BCUT2D eigenvalue weighted by Gasteiger charge is -2.35. The normalized spacial score (nSPS) is 23.2. The van der Waals surface area contributed by atoms with Crippen LogP contribution in [-0.4, -0.2) is 60.8 Å². The molecule has 1 aromatic rings. The molecule has 5 nitrogen and oxygen atoms in total. The Hall–Kier alpha value is -1.66. The molecule has 2 N–H and O–H groups in total. The number of piperidine rings is 2. The van der Waals surface area contributed by atoms with Gasteiger partial charge in [-0.3, -0.25) is 9.69 Å². The summed E-state index contributed by atoms with van der Waals surface area (Å²) in [5, 5.41) is 12.8. The van der Waals surface area contributed by atoms with Gasteiger partial charge in [0, 0.05) is 31.4 Å². The minimum Gasteiger partial charge on any atom is -0.392 e. The van der Waals surface area contributed by atoms with Crippen molar-refractivity contribution in [3.05, 3.63) is 30.1 Å². The first-order valence-electron chi connectivity index (χ1n) is 8.80. The van der Waals surface area contributed by atoms with Crippen molar-refractivity contribution < 1.29 is 14.3 Å². The highest BCUT2D eigenvalue weighted by Gasteiger charge is 2.23. The molecule has 1 aromatic carbocycles. The molecule has 2 aliphatic heterocycles. The number of rotatable bonds is 4. The van der Waals surface area contributed by atoms with Gasteiger partial charge in [0.15, 0.2) is 0 Å². The molecule has 0 aromatic heterocycles. The lowest BCUT2D eigenvalue weighted by atomic mass is 10.0. The van der Waals surface area contributed by atoms with E-state index in [1.807, 2.05) is 4.90 Å². The lowest BCUT2D eigenvalue weighted by Crippen LogP contribution is -2.49. The van der Waals surface area contributed by atoms with Crippen molar-refractivity contribution in [2.75, 3.05) is 37.6 Å². The first-order chi connectivity index (χ1) is 11.6. The van der Waals surface area contributed by atoms with Crippen LogP contribution in [0, 0.1) is 5.82 Å². The van der Waals surface area contributed by atoms with Gasteiger partial charge in [0.05, 0.1) is 12.6 Å². The molecule has 2 fully saturated rings. The van der Waals surface area contributed by atoms with E-state index in [9.17, 15) is 14.3 Å². The van der Waals surface area contributed by atoms with E-state index in [2.05, 4.69) is 10.2 Å². The van der Waals surface area contributed by atoms with Gasteiger partial charge in [0.25, 0.3) is 0 Å². The van der Waals surface area contributed by atoms with Crippen LogP contribution in [-0.2, 0) is 4.79 Å². The quantitative estimate of drug-likeness (QED) is 0.873. The van der Waals surface area contributed by atoms with E-state index in [4.69, 9.17) is 0 Å². The van der Waals surface area contributed by atoms with Gasteiger partial charge < -0.3 is 15.3 Å². The monoisotopic (exact) mass is 335 g/mol. The zero-order valence-electron chi connectivity index (χ0n) is 14.0. The topological polar surface area (TPSA) is 55.8 Å². The Morgan fingerprint density at radius 1 is 1.17 bits per heavy atom. The number of nitrogens with zero attached hydrogens (tertiary/aromatic N) is 2. The molecule has 3 rings (SSSR count). The highest BCUT2D eigenvalue weighted by molar-refractivity contribution is 5.78. The van der Waals surface area contributed by atoms with Crippen molar-refractivity contribution >= 4 is 11.6 Å². The molecule has 0 radical (unpaired) electrons. The second kappa shape index (κ2) is 7.94. The Balaban J connectivity index is 1.41. The third kappa shape index (κ3) is 4.68. The fourth-order valence-electron chi connectivity index (χ4n) is 3.59. The molecule has 2 heterocycles. The van der Waals surface area contributed by atoms with E-state index in [0.29, 0.717) is 13.1 Å². The summed E-state index contributed by atoms with van der Waals surface area (Å²) in [7, 11) is 0. The molecule has 1 amide bonds. The summed E-state index contributed by atoms with van der Waals surface area (Å²) >= 11 is 0. The number of β-amino-alcohol motifs (C(OH)–C–C–N with tert-alkyl or cyclic N) is 1. The number of hydrogen-bond donors (Lipinski definition) is 2. The Labute approximate surface area is 142 Å². The summed E-state index contributed by atoms with van der Waals surface area (Å²) in [6.45, 7) is 3.57. The smallest absolute Gasteiger partial charge is 0.234 e. The van der Waals surface area contributed by atoms with Gasteiger partial charge in [0.1, 0.15) is 5.82 Å². The number of benzene rings is 1. The number of nitrogens with one attached hydrogen (secondary N) is 1. The Kier molecular flexibility index (Phi) is 5.68. The summed E-state index contributed by atoms with van der Waals surface area (Å²) in [6, 6.07) is 6.77. The average Bonchev–Trinajstić information content (AvgIpc) is 2.56. The average molecular weight is 335 g/mol. The molecule has 0 saturated carbocycles. The predicted molar refractivity (Wildman–Crippen MR) is 91.5 cm³/mol. The maximum Gasteiger partial charge on any atom is 0.234 e. The molecule has 0 unspecified atom stereocenters. The van der Waals surface area contributed by atoms with Crippen LogP contribution in [0.3, 0.4) is 0 Å². The van der Waals surface area contributed by atoms with Crippen LogP contribution in [0.5, 0.6) is 0 Å². The Morgan fingerprint density at radius 3 is 2.54 bits per heavy atom. The third-order valence-electron chi connectivity index (χ3n) is 4.90. The van der Waals surface area contributed by atoms with Crippen LogP contribution in [0.4, 0.5) is 10.1 Å². The van der Waals surface area contributed by atoms with E-state index in [1.165, 1.54) is 12.1 Å². The highest BCUT2D eigenvalue weighted by Crippen LogP contribution is 2.20. The third-order valence-corrected chi connectivity index (χ3v) is 4.90. The van der Waals surface area contributed by atoms with Gasteiger partial charge in [-0.1, -0.05) is 0 Å². The molecular formula is C18H26FN3O2. The maximum atomic E-state index is 13.0. The van der Waals surface area contributed by atoms with E-state index in [0.717, 1.165) is 51.0 Å². The standard InChI is InChI=1S/C18H26FN3O2/c19-14-3-5-16(6-4-14)22-10-7-15(8-11-22)20-18(24)13-21-9-1-2-17(23)12-21/h3-6,15,17,23H,1-2,7-13H2,(H,20,24)/t17-/m1/s1. The number of carbonyl (C=O) groups excluding carboxylic acids is 1. The van der Waals surface area contributed by atoms with Crippen molar-refractivity contribution in [2.45, 2.75) is 37.8 Å². The van der Waals surface area contributed by atoms with Gasteiger partial charge in [-0.25, -0.2) is 4.39 Å². The van der Waals surface area contributed by atoms with Crippen LogP contribution in [0.15, 0.2) is 24.3 Å². The zero-order valence-corrected chi connectivity index (χ0v) is 14.0. The Morgan fingerprint density at radius 2 is 1.88 bits per heavy atom. The number of anilines is 1. The number of carbonyl (C=O) groups is 1. The van der Waals surface area contributed by atoms with Crippen LogP contribution in [0.25, 0.3) is 0 Å². The second-order valence-electron chi connectivity index (χ2n) is 6.84. The van der Waals surface area contributed by atoms with Crippen molar-refractivity contribution in [3.63, 3.8) is 0 Å². The summed E-state index contributed by atoms with van der Waals surface area (Å²) in [5.41, 5.74) is 1.03. The van der Waals surface area contributed by atoms with Gasteiger partial charge in [0.2, 0.25) is 5.91 Å². The van der Waals surface area contributed by atoms with Crippen molar-refractivity contribution in [1.29, 1.82) is 0 Å². The van der Waals surface area contributed by atoms with Crippen molar-refractivity contribution in [3.8, 4) is 0 Å². The molecule has 0 bridgehead atoms. The molecule has 2 saturated heterocycles. The number of aliphatic hydroxyl groups is 1. The number of halogens is 1. The fraction of sp³-hybridized carbons (Fsp3) is 0.611. The first-order valence-corrected chi connectivity index (χ1v) is 8.80. The van der Waals surface area contributed by atoms with Gasteiger partial charge >= 0.3 is 0 Å². The summed E-state index contributed by atoms with van der Waals surface area (Å²) < 4.78 is 13.0. The number of amides is 1. The van der Waals surface area contributed by atoms with Gasteiger partial charge in [-0.15, -0.1) is 0 Å². The van der Waals surface area contributed by atoms with E-state index < -0.39 is 0 Å².